The maximum Gasteiger partial charge on any atom is 0.139 e. The van der Waals surface area contributed by atoms with E-state index in [1.54, 1.807) is 25.2 Å². The fourth-order valence-electron chi connectivity index (χ4n) is 3.46. The van der Waals surface area contributed by atoms with Gasteiger partial charge in [-0.15, -0.1) is 11.3 Å². The lowest BCUT2D eigenvalue weighted by atomic mass is 10.1. The molecule has 30 heavy (non-hydrogen) atoms. The SMILES string of the molecule is COc1cc(OC)cc(N2CC(O)=C(c3nc(-c4ccc(C)cc4)c(C)s3)C2=N)c1. The van der Waals surface area contributed by atoms with Gasteiger partial charge in [-0.25, -0.2) is 4.98 Å². The summed E-state index contributed by atoms with van der Waals surface area (Å²) in [6.45, 7) is 4.26. The molecule has 0 fully saturated rings. The standard InChI is InChI=1S/C23H23N3O3S/c1-13-5-7-15(8-6-13)21-14(2)30-23(25-21)20-19(27)12-26(22(20)24)16-9-17(28-3)11-18(10-16)29-4/h5-11,24,27H,12H2,1-4H3. The number of hydrogen-bond donors (Lipinski definition) is 2. The van der Waals surface area contributed by atoms with E-state index in [0.29, 0.717) is 27.8 Å². The van der Waals surface area contributed by atoms with Gasteiger partial charge in [0.2, 0.25) is 0 Å². The molecule has 1 aliphatic heterocycles. The number of amidine groups is 1. The number of methoxy groups -OCH3 is 2. The van der Waals surface area contributed by atoms with Crippen molar-refractivity contribution in [2.24, 2.45) is 0 Å². The summed E-state index contributed by atoms with van der Waals surface area (Å²) in [7, 11) is 3.17. The summed E-state index contributed by atoms with van der Waals surface area (Å²) in [5.74, 6) is 1.58. The number of aliphatic hydroxyl groups is 1. The molecule has 3 aromatic rings. The number of benzene rings is 2. The summed E-state index contributed by atoms with van der Waals surface area (Å²) in [6, 6.07) is 13.6. The Morgan fingerprint density at radius 1 is 1.03 bits per heavy atom. The second-order valence-electron chi connectivity index (χ2n) is 7.12. The van der Waals surface area contributed by atoms with Gasteiger partial charge in [-0.1, -0.05) is 29.8 Å². The number of nitrogens with one attached hydrogen (secondary N) is 1. The monoisotopic (exact) mass is 421 g/mol. The maximum atomic E-state index is 10.7. The molecule has 0 amide bonds. The molecule has 2 aromatic carbocycles. The van der Waals surface area contributed by atoms with Gasteiger partial charge >= 0.3 is 0 Å². The van der Waals surface area contributed by atoms with Gasteiger partial charge in [0.15, 0.2) is 0 Å². The number of anilines is 1. The molecule has 0 bridgehead atoms. The van der Waals surface area contributed by atoms with Crippen LogP contribution in [0.1, 0.15) is 15.4 Å². The Balaban J connectivity index is 1.68. The minimum absolute atomic E-state index is 0.131. The normalized spacial score (nSPS) is 13.9. The Kier molecular flexibility index (Phi) is 5.22. The molecule has 0 atom stereocenters. The Bertz CT molecular complexity index is 1130. The third-order valence-corrected chi connectivity index (χ3v) is 6.07. The Hall–Kier alpha value is -3.32. The van der Waals surface area contributed by atoms with Crippen LogP contribution in [0.15, 0.2) is 48.2 Å². The third-order valence-electron chi connectivity index (χ3n) is 5.09. The predicted molar refractivity (Wildman–Crippen MR) is 121 cm³/mol. The molecule has 2 heterocycles. The molecule has 0 radical (unpaired) electrons. The smallest absolute Gasteiger partial charge is 0.139 e. The van der Waals surface area contributed by atoms with Crippen LogP contribution in [0, 0.1) is 19.3 Å². The van der Waals surface area contributed by atoms with Crippen molar-refractivity contribution in [2.75, 3.05) is 25.7 Å². The van der Waals surface area contributed by atoms with E-state index in [1.165, 1.54) is 16.9 Å². The number of aryl methyl sites for hydroxylation is 2. The summed E-state index contributed by atoms with van der Waals surface area (Å²) >= 11 is 1.48. The van der Waals surface area contributed by atoms with Gasteiger partial charge in [-0.05, 0) is 13.8 Å². The van der Waals surface area contributed by atoms with Gasteiger partial charge in [-0.2, -0.15) is 0 Å². The summed E-state index contributed by atoms with van der Waals surface area (Å²) in [5.41, 5.74) is 4.27. The highest BCUT2D eigenvalue weighted by atomic mass is 32.1. The highest BCUT2D eigenvalue weighted by Gasteiger charge is 2.32. The first-order valence-electron chi connectivity index (χ1n) is 9.47. The van der Waals surface area contributed by atoms with Crippen LogP contribution in [0.3, 0.4) is 0 Å². The quantitative estimate of drug-likeness (QED) is 0.591. The zero-order valence-electron chi connectivity index (χ0n) is 17.3. The molecule has 154 valence electrons. The Labute approximate surface area is 179 Å². The molecule has 6 nitrogen and oxygen atoms in total. The largest absolute Gasteiger partial charge is 0.510 e. The summed E-state index contributed by atoms with van der Waals surface area (Å²) < 4.78 is 10.7. The summed E-state index contributed by atoms with van der Waals surface area (Å²) in [4.78, 5) is 7.54. The molecule has 0 spiro atoms. The van der Waals surface area contributed by atoms with Crippen molar-refractivity contribution >= 4 is 28.4 Å². The molecular weight excluding hydrogens is 398 g/mol. The van der Waals surface area contributed by atoms with Gasteiger partial charge in [0.1, 0.15) is 28.1 Å². The average molecular weight is 422 g/mol. The first-order chi connectivity index (χ1) is 14.4. The lowest BCUT2D eigenvalue weighted by Crippen LogP contribution is -2.26. The van der Waals surface area contributed by atoms with Crippen LogP contribution in [0.2, 0.25) is 0 Å². The number of hydrogen-bond acceptors (Lipinski definition) is 6. The maximum absolute atomic E-state index is 10.7. The van der Waals surface area contributed by atoms with Crippen LogP contribution < -0.4 is 14.4 Å². The number of aromatic nitrogens is 1. The van der Waals surface area contributed by atoms with Crippen LogP contribution in [-0.2, 0) is 0 Å². The zero-order valence-corrected chi connectivity index (χ0v) is 18.1. The van der Waals surface area contributed by atoms with E-state index in [2.05, 4.69) is 12.1 Å². The molecular formula is C23H23N3O3S. The van der Waals surface area contributed by atoms with Gasteiger partial charge in [0, 0.05) is 28.6 Å². The fraction of sp³-hybridized carbons (Fsp3) is 0.217. The van der Waals surface area contributed by atoms with Crippen molar-refractivity contribution in [3.63, 3.8) is 0 Å². The minimum Gasteiger partial charge on any atom is -0.510 e. The number of aliphatic hydroxyl groups excluding tert-OH is 1. The van der Waals surface area contributed by atoms with E-state index in [0.717, 1.165) is 16.1 Å². The number of ether oxygens (including phenoxy) is 2. The lowest BCUT2D eigenvalue weighted by Gasteiger charge is -2.20. The molecule has 0 saturated carbocycles. The molecule has 4 rings (SSSR count). The molecule has 0 aliphatic carbocycles. The van der Waals surface area contributed by atoms with Crippen LogP contribution in [0.25, 0.3) is 16.8 Å². The Morgan fingerprint density at radius 2 is 1.67 bits per heavy atom. The van der Waals surface area contributed by atoms with Crippen molar-refractivity contribution in [3.8, 4) is 22.8 Å². The average Bonchev–Trinajstić information content (AvgIpc) is 3.26. The molecule has 1 aliphatic rings. The summed E-state index contributed by atoms with van der Waals surface area (Å²) in [6.07, 6.45) is 0. The molecule has 7 heteroatoms. The topological polar surface area (TPSA) is 78.7 Å². The van der Waals surface area contributed by atoms with Gasteiger partial charge in [0.25, 0.3) is 0 Å². The van der Waals surface area contributed by atoms with Crippen LogP contribution in [-0.4, -0.2) is 36.7 Å². The van der Waals surface area contributed by atoms with E-state index in [-0.39, 0.29) is 18.1 Å². The van der Waals surface area contributed by atoms with E-state index < -0.39 is 0 Å². The highest BCUT2D eigenvalue weighted by molar-refractivity contribution is 7.13. The van der Waals surface area contributed by atoms with Crippen molar-refractivity contribution in [3.05, 3.63) is 63.7 Å². The summed E-state index contributed by atoms with van der Waals surface area (Å²) in [5, 5.41) is 20.1. The number of rotatable bonds is 5. The van der Waals surface area contributed by atoms with Crippen LogP contribution in [0.4, 0.5) is 5.69 Å². The van der Waals surface area contributed by atoms with Gasteiger partial charge in [-0.3, -0.25) is 5.41 Å². The highest BCUT2D eigenvalue weighted by Crippen LogP contribution is 2.38. The molecule has 1 aromatic heterocycles. The predicted octanol–water partition coefficient (Wildman–Crippen LogP) is 5.21. The second-order valence-corrected chi connectivity index (χ2v) is 8.32. The van der Waals surface area contributed by atoms with Crippen molar-refractivity contribution in [1.82, 2.24) is 4.98 Å². The third kappa shape index (κ3) is 3.52. The molecule has 0 unspecified atom stereocenters. The number of thiazole rings is 1. The van der Waals surface area contributed by atoms with E-state index in [4.69, 9.17) is 19.9 Å². The van der Waals surface area contributed by atoms with Crippen LogP contribution in [0.5, 0.6) is 11.5 Å². The molecule has 2 N–H and O–H groups in total. The van der Waals surface area contributed by atoms with Crippen molar-refractivity contribution < 1.29 is 14.6 Å². The van der Waals surface area contributed by atoms with Crippen molar-refractivity contribution in [1.29, 1.82) is 5.41 Å². The minimum atomic E-state index is 0.131. The first kappa shape index (κ1) is 20.0. The first-order valence-corrected chi connectivity index (χ1v) is 10.3. The Morgan fingerprint density at radius 3 is 2.27 bits per heavy atom. The van der Waals surface area contributed by atoms with Gasteiger partial charge < -0.3 is 19.5 Å². The van der Waals surface area contributed by atoms with E-state index >= 15 is 0 Å². The molecule has 0 saturated heterocycles. The second kappa shape index (κ2) is 7.84. The van der Waals surface area contributed by atoms with Crippen molar-refractivity contribution in [2.45, 2.75) is 13.8 Å². The number of nitrogens with zero attached hydrogens (tertiary/aromatic N) is 2. The van der Waals surface area contributed by atoms with E-state index in [1.807, 2.05) is 38.1 Å². The fourth-order valence-corrected chi connectivity index (χ4v) is 4.46. The van der Waals surface area contributed by atoms with Gasteiger partial charge in [0.05, 0.1) is 37.7 Å². The van der Waals surface area contributed by atoms with Crippen LogP contribution >= 0.6 is 11.3 Å². The lowest BCUT2D eigenvalue weighted by molar-refractivity contribution is 0.394. The zero-order chi connectivity index (χ0) is 21.4. The van der Waals surface area contributed by atoms with E-state index in [9.17, 15) is 5.11 Å².